The summed E-state index contributed by atoms with van der Waals surface area (Å²) in [6, 6.07) is -0.704. The molecule has 0 bridgehead atoms. The molecule has 24 heavy (non-hydrogen) atoms. The lowest BCUT2D eigenvalue weighted by Crippen LogP contribution is -2.46. The molecular weight excluding hydrogens is 308 g/mol. The van der Waals surface area contributed by atoms with Crippen molar-refractivity contribution in [2.75, 3.05) is 13.2 Å². The van der Waals surface area contributed by atoms with Crippen LogP contribution in [0.5, 0.6) is 0 Å². The van der Waals surface area contributed by atoms with E-state index in [1.54, 1.807) is 27.7 Å². The third kappa shape index (κ3) is 10.2. The second-order valence-corrected chi connectivity index (χ2v) is 6.98. The molecule has 0 aromatic heterocycles. The summed E-state index contributed by atoms with van der Waals surface area (Å²) in [5.74, 6) is -0.668. The minimum atomic E-state index is -0.704. The van der Waals surface area contributed by atoms with Crippen molar-refractivity contribution in [3.8, 4) is 0 Å². The van der Waals surface area contributed by atoms with Crippen molar-refractivity contribution in [2.24, 2.45) is 5.41 Å². The molecule has 0 spiro atoms. The summed E-state index contributed by atoms with van der Waals surface area (Å²) >= 11 is 0. The Labute approximate surface area is 146 Å². The highest BCUT2D eigenvalue weighted by atomic mass is 16.5. The lowest BCUT2D eigenvalue weighted by Gasteiger charge is -2.23. The van der Waals surface area contributed by atoms with Crippen LogP contribution in [0.2, 0.25) is 0 Å². The zero-order valence-corrected chi connectivity index (χ0v) is 15.9. The van der Waals surface area contributed by atoms with Crippen LogP contribution in [0.25, 0.3) is 0 Å². The highest BCUT2D eigenvalue weighted by Crippen LogP contribution is 2.14. The first-order chi connectivity index (χ1) is 11.2. The number of nitrogens with one attached hydrogen (secondary N) is 2. The zero-order valence-electron chi connectivity index (χ0n) is 15.9. The molecule has 6 heteroatoms. The van der Waals surface area contributed by atoms with Crippen molar-refractivity contribution in [1.29, 1.82) is 0 Å². The number of hydrogen-bond acceptors (Lipinski definition) is 4. The van der Waals surface area contributed by atoms with E-state index in [4.69, 9.17) is 4.74 Å². The average Bonchev–Trinajstić information content (AvgIpc) is 2.49. The van der Waals surface area contributed by atoms with Crippen LogP contribution in [0.1, 0.15) is 73.1 Å². The standard InChI is InChI=1S/C18H34N2O4/c1-6-8-9-13-19-15(21)12-10-11-14(16(22)24-7-2)20-17(23)18(3,4)5/h14H,6-13H2,1-5H3,(H,19,21)(H,20,23)/t14-/m0/s1. The summed E-state index contributed by atoms with van der Waals surface area (Å²) in [6.07, 6.45) is 4.45. The van der Waals surface area contributed by atoms with Gasteiger partial charge in [-0.25, -0.2) is 4.79 Å². The molecular formula is C18H34N2O4. The SMILES string of the molecule is CCCCCNC(=O)CCC[C@H](NC(=O)C(C)(C)C)C(=O)OCC. The minimum absolute atomic E-state index is 0.0177. The fraction of sp³-hybridized carbons (Fsp3) is 0.833. The van der Waals surface area contributed by atoms with E-state index in [2.05, 4.69) is 17.6 Å². The van der Waals surface area contributed by atoms with Crippen molar-refractivity contribution in [3.05, 3.63) is 0 Å². The van der Waals surface area contributed by atoms with Gasteiger partial charge >= 0.3 is 5.97 Å². The maximum Gasteiger partial charge on any atom is 0.328 e. The molecule has 0 saturated carbocycles. The summed E-state index contributed by atoms with van der Waals surface area (Å²) in [6.45, 7) is 10.2. The van der Waals surface area contributed by atoms with Gasteiger partial charge in [0, 0.05) is 18.4 Å². The Kier molecular flexibility index (Phi) is 11.1. The number of amides is 2. The normalized spacial score (nSPS) is 12.4. The first-order valence-corrected chi connectivity index (χ1v) is 8.96. The monoisotopic (exact) mass is 342 g/mol. The molecule has 0 aliphatic carbocycles. The van der Waals surface area contributed by atoms with E-state index >= 15 is 0 Å². The maximum absolute atomic E-state index is 12.1. The Morgan fingerprint density at radius 3 is 2.25 bits per heavy atom. The molecule has 2 N–H and O–H groups in total. The van der Waals surface area contributed by atoms with E-state index in [0.29, 0.717) is 25.8 Å². The zero-order chi connectivity index (χ0) is 18.6. The van der Waals surface area contributed by atoms with Crippen LogP contribution < -0.4 is 10.6 Å². The van der Waals surface area contributed by atoms with Crippen molar-refractivity contribution in [2.45, 2.75) is 79.2 Å². The quantitative estimate of drug-likeness (QED) is 0.446. The molecule has 2 amide bonds. The molecule has 0 saturated heterocycles. The molecule has 140 valence electrons. The van der Waals surface area contributed by atoms with E-state index < -0.39 is 17.4 Å². The third-order valence-electron chi connectivity index (χ3n) is 3.56. The minimum Gasteiger partial charge on any atom is -0.464 e. The van der Waals surface area contributed by atoms with Gasteiger partial charge in [-0.3, -0.25) is 9.59 Å². The van der Waals surface area contributed by atoms with E-state index in [0.717, 1.165) is 19.3 Å². The van der Waals surface area contributed by atoms with Crippen LogP contribution in [0, 0.1) is 5.41 Å². The van der Waals surface area contributed by atoms with E-state index in [1.807, 2.05) is 0 Å². The molecule has 0 aliphatic heterocycles. The molecule has 0 aromatic carbocycles. The summed E-state index contributed by atoms with van der Waals surface area (Å²) < 4.78 is 5.01. The van der Waals surface area contributed by atoms with Gasteiger partial charge in [0.2, 0.25) is 11.8 Å². The van der Waals surface area contributed by atoms with Gasteiger partial charge in [0.25, 0.3) is 0 Å². The van der Waals surface area contributed by atoms with Gasteiger partial charge in [-0.15, -0.1) is 0 Å². The van der Waals surface area contributed by atoms with Gasteiger partial charge in [0.05, 0.1) is 6.61 Å². The fourth-order valence-electron chi connectivity index (χ4n) is 2.02. The average molecular weight is 342 g/mol. The van der Waals surface area contributed by atoms with Crippen molar-refractivity contribution in [3.63, 3.8) is 0 Å². The van der Waals surface area contributed by atoms with Crippen molar-refractivity contribution in [1.82, 2.24) is 10.6 Å². The van der Waals surface area contributed by atoms with E-state index in [9.17, 15) is 14.4 Å². The number of rotatable bonds is 11. The van der Waals surface area contributed by atoms with Crippen LogP contribution in [0.3, 0.4) is 0 Å². The van der Waals surface area contributed by atoms with Gasteiger partial charge in [-0.1, -0.05) is 40.5 Å². The topological polar surface area (TPSA) is 84.5 Å². The molecule has 1 atom stereocenters. The van der Waals surface area contributed by atoms with Crippen molar-refractivity contribution < 1.29 is 19.1 Å². The van der Waals surface area contributed by atoms with Gasteiger partial charge in [0.15, 0.2) is 0 Å². The molecule has 0 aromatic rings. The number of hydrogen-bond donors (Lipinski definition) is 2. The third-order valence-corrected chi connectivity index (χ3v) is 3.56. The smallest absolute Gasteiger partial charge is 0.328 e. The van der Waals surface area contributed by atoms with Gasteiger partial charge in [-0.05, 0) is 26.2 Å². The van der Waals surface area contributed by atoms with Crippen LogP contribution in [0.4, 0.5) is 0 Å². The maximum atomic E-state index is 12.1. The molecule has 0 unspecified atom stereocenters. The molecule has 0 heterocycles. The van der Waals surface area contributed by atoms with Gasteiger partial charge < -0.3 is 15.4 Å². The summed E-state index contributed by atoms with van der Waals surface area (Å²) in [4.78, 5) is 35.8. The largest absolute Gasteiger partial charge is 0.464 e. The lowest BCUT2D eigenvalue weighted by atomic mass is 9.95. The second kappa shape index (κ2) is 11.9. The van der Waals surface area contributed by atoms with Gasteiger partial charge in [0.1, 0.15) is 6.04 Å². The van der Waals surface area contributed by atoms with Gasteiger partial charge in [-0.2, -0.15) is 0 Å². The molecule has 0 rings (SSSR count). The van der Waals surface area contributed by atoms with E-state index in [1.165, 1.54) is 0 Å². The number of ether oxygens (including phenoxy) is 1. The van der Waals surface area contributed by atoms with Crippen LogP contribution in [-0.2, 0) is 19.1 Å². The van der Waals surface area contributed by atoms with Crippen LogP contribution in [-0.4, -0.2) is 37.0 Å². The predicted molar refractivity (Wildman–Crippen MR) is 94.4 cm³/mol. The first-order valence-electron chi connectivity index (χ1n) is 8.96. The van der Waals surface area contributed by atoms with Crippen molar-refractivity contribution >= 4 is 17.8 Å². The number of esters is 1. The lowest BCUT2D eigenvalue weighted by molar-refractivity contribution is -0.148. The number of unbranched alkanes of at least 4 members (excludes halogenated alkanes) is 2. The summed E-state index contributed by atoms with van der Waals surface area (Å²) in [7, 11) is 0. The Morgan fingerprint density at radius 1 is 1.04 bits per heavy atom. The fourth-order valence-corrected chi connectivity index (χ4v) is 2.02. The molecule has 0 aliphatic rings. The Hall–Kier alpha value is -1.59. The summed E-state index contributed by atoms with van der Waals surface area (Å²) in [5.41, 5.74) is -0.582. The number of carbonyl (C=O) groups is 3. The Morgan fingerprint density at radius 2 is 1.71 bits per heavy atom. The summed E-state index contributed by atoms with van der Waals surface area (Å²) in [5, 5.41) is 5.60. The highest BCUT2D eigenvalue weighted by Gasteiger charge is 2.28. The number of carbonyl (C=O) groups excluding carboxylic acids is 3. The Balaban J connectivity index is 4.34. The second-order valence-electron chi connectivity index (χ2n) is 6.98. The van der Waals surface area contributed by atoms with Crippen LogP contribution >= 0.6 is 0 Å². The molecule has 0 radical (unpaired) electrons. The first kappa shape index (κ1) is 22.4. The highest BCUT2D eigenvalue weighted by molar-refractivity contribution is 5.87. The van der Waals surface area contributed by atoms with E-state index in [-0.39, 0.29) is 18.4 Å². The Bertz CT molecular complexity index is 402. The molecule has 0 fully saturated rings. The van der Waals surface area contributed by atoms with Crippen LogP contribution in [0.15, 0.2) is 0 Å². The predicted octanol–water partition coefficient (Wildman–Crippen LogP) is 2.56. The molecule has 6 nitrogen and oxygen atoms in total.